The van der Waals surface area contributed by atoms with Crippen molar-refractivity contribution in [2.75, 3.05) is 17.7 Å². The first kappa shape index (κ1) is 24.3. The first-order valence-corrected chi connectivity index (χ1v) is 12.0. The van der Waals surface area contributed by atoms with Crippen molar-refractivity contribution in [2.45, 2.75) is 39.5 Å². The van der Waals surface area contributed by atoms with E-state index in [1.54, 1.807) is 24.3 Å². The normalized spacial score (nSPS) is 16.4. The standard InChI is InChI=1S/C27H31N5O3/c1-3-17(15-33)8-9-19-6-5-7-22(25(19)34)27(35)31-20-12-10-18(11-13-20)23-14-21(4-2)32-24(23)26(28)29-16-30-32/h5-7,10-14,16-17,19,33H,3-4,8-9,15H2,1-2H3,(H,31,35)(H2,28,29,30)/t17-,19?/m0/s1. The van der Waals surface area contributed by atoms with E-state index in [2.05, 4.69) is 22.3 Å². The van der Waals surface area contributed by atoms with Gasteiger partial charge in [-0.2, -0.15) is 5.10 Å². The van der Waals surface area contributed by atoms with E-state index in [0.29, 0.717) is 17.9 Å². The second-order valence-corrected chi connectivity index (χ2v) is 8.81. The molecule has 0 aliphatic heterocycles. The SMILES string of the molecule is CCc1cc(-c2ccc(NC(=O)C3=CC=CC(CC[C@H](CC)CO)C3=O)cc2)c2c(N)ncnn12. The molecule has 0 bridgehead atoms. The summed E-state index contributed by atoms with van der Waals surface area (Å²) in [5.74, 6) is -0.371. The number of fused-ring (bicyclic) bond motifs is 1. The Hall–Kier alpha value is -3.78. The number of anilines is 2. The molecule has 1 aliphatic rings. The predicted octanol–water partition coefficient (Wildman–Crippen LogP) is 3.96. The molecule has 35 heavy (non-hydrogen) atoms. The number of aliphatic hydroxyl groups excluding tert-OH is 1. The number of carbonyl (C=O) groups is 2. The molecule has 1 aliphatic carbocycles. The number of allylic oxidation sites excluding steroid dienone is 3. The van der Waals surface area contributed by atoms with E-state index < -0.39 is 5.91 Å². The molecule has 0 fully saturated rings. The van der Waals surface area contributed by atoms with E-state index in [9.17, 15) is 14.7 Å². The molecule has 0 spiro atoms. The maximum absolute atomic E-state index is 12.9. The number of carbonyl (C=O) groups excluding carboxylic acids is 2. The lowest BCUT2D eigenvalue weighted by Gasteiger charge is -2.19. The molecular weight excluding hydrogens is 442 g/mol. The first-order chi connectivity index (χ1) is 17.0. The summed E-state index contributed by atoms with van der Waals surface area (Å²) in [7, 11) is 0. The maximum Gasteiger partial charge on any atom is 0.259 e. The number of benzene rings is 1. The number of aryl methyl sites for hydroxylation is 1. The van der Waals surface area contributed by atoms with Crippen molar-refractivity contribution in [1.82, 2.24) is 14.6 Å². The third-order valence-electron chi connectivity index (χ3n) is 6.65. The van der Waals surface area contributed by atoms with Gasteiger partial charge < -0.3 is 16.2 Å². The van der Waals surface area contributed by atoms with E-state index in [4.69, 9.17) is 5.73 Å². The summed E-state index contributed by atoms with van der Waals surface area (Å²) in [6.07, 6.45) is 9.62. The zero-order valence-electron chi connectivity index (χ0n) is 20.1. The van der Waals surface area contributed by atoms with E-state index in [1.165, 1.54) is 6.33 Å². The number of hydrogen-bond donors (Lipinski definition) is 3. The second kappa shape index (κ2) is 10.7. The summed E-state index contributed by atoms with van der Waals surface area (Å²) in [5.41, 5.74) is 10.5. The highest BCUT2D eigenvalue weighted by atomic mass is 16.3. The minimum atomic E-state index is -0.425. The summed E-state index contributed by atoms with van der Waals surface area (Å²) in [4.78, 5) is 29.9. The number of rotatable bonds is 9. The Morgan fingerprint density at radius 3 is 2.71 bits per heavy atom. The molecule has 0 saturated carbocycles. The lowest BCUT2D eigenvalue weighted by atomic mass is 9.86. The molecule has 4 N–H and O–H groups in total. The summed E-state index contributed by atoms with van der Waals surface area (Å²) in [6.45, 7) is 4.19. The molecule has 2 atom stereocenters. The van der Waals surface area contributed by atoms with E-state index in [-0.39, 0.29) is 29.8 Å². The van der Waals surface area contributed by atoms with Crippen molar-refractivity contribution in [3.8, 4) is 11.1 Å². The van der Waals surface area contributed by atoms with Crippen molar-refractivity contribution in [3.63, 3.8) is 0 Å². The monoisotopic (exact) mass is 473 g/mol. The summed E-state index contributed by atoms with van der Waals surface area (Å²) in [5, 5.41) is 16.6. The van der Waals surface area contributed by atoms with Gasteiger partial charge in [0.15, 0.2) is 11.6 Å². The van der Waals surface area contributed by atoms with E-state index in [1.807, 2.05) is 35.7 Å². The fourth-order valence-electron chi connectivity index (χ4n) is 4.45. The van der Waals surface area contributed by atoms with Crippen LogP contribution in [0.2, 0.25) is 0 Å². The Balaban J connectivity index is 1.47. The van der Waals surface area contributed by atoms with Crippen LogP contribution in [0.15, 0.2) is 60.5 Å². The van der Waals surface area contributed by atoms with Gasteiger partial charge in [-0.25, -0.2) is 9.50 Å². The molecule has 1 aromatic carbocycles. The molecule has 1 unspecified atom stereocenters. The first-order valence-electron chi connectivity index (χ1n) is 12.0. The van der Waals surface area contributed by atoms with E-state index >= 15 is 0 Å². The van der Waals surface area contributed by atoms with Crippen molar-refractivity contribution in [1.29, 1.82) is 0 Å². The van der Waals surface area contributed by atoms with Crippen LogP contribution in [-0.4, -0.2) is 38.0 Å². The van der Waals surface area contributed by atoms with Crippen LogP contribution >= 0.6 is 0 Å². The highest BCUT2D eigenvalue weighted by molar-refractivity contribution is 6.25. The third kappa shape index (κ3) is 5.02. The van der Waals surface area contributed by atoms with Crippen molar-refractivity contribution >= 4 is 28.7 Å². The van der Waals surface area contributed by atoms with Gasteiger partial charge in [-0.05, 0) is 55.0 Å². The van der Waals surface area contributed by atoms with Crippen LogP contribution in [0.4, 0.5) is 11.5 Å². The molecule has 8 heteroatoms. The number of nitrogens with one attached hydrogen (secondary N) is 1. The molecule has 2 aromatic heterocycles. The van der Waals surface area contributed by atoms with Gasteiger partial charge in [0.05, 0.1) is 5.57 Å². The minimum absolute atomic E-state index is 0.110. The van der Waals surface area contributed by atoms with Gasteiger partial charge in [0, 0.05) is 29.5 Å². The lowest BCUT2D eigenvalue weighted by Crippen LogP contribution is -2.27. The largest absolute Gasteiger partial charge is 0.396 e. The number of nitrogen functional groups attached to an aromatic ring is 1. The number of amides is 1. The second-order valence-electron chi connectivity index (χ2n) is 8.81. The van der Waals surface area contributed by atoms with Crippen LogP contribution in [0.1, 0.15) is 38.8 Å². The molecule has 3 aromatic rings. The highest BCUT2D eigenvalue weighted by Crippen LogP contribution is 2.31. The van der Waals surface area contributed by atoms with Gasteiger partial charge in [-0.1, -0.05) is 44.6 Å². The van der Waals surface area contributed by atoms with Crippen LogP contribution in [0, 0.1) is 11.8 Å². The Morgan fingerprint density at radius 2 is 2.03 bits per heavy atom. The molecule has 2 heterocycles. The van der Waals surface area contributed by atoms with Gasteiger partial charge in [0.25, 0.3) is 5.91 Å². The van der Waals surface area contributed by atoms with Crippen molar-refractivity contribution in [3.05, 3.63) is 66.2 Å². The predicted molar refractivity (Wildman–Crippen MR) is 137 cm³/mol. The summed E-state index contributed by atoms with van der Waals surface area (Å²) in [6, 6.07) is 9.45. The van der Waals surface area contributed by atoms with Gasteiger partial charge in [0.1, 0.15) is 11.8 Å². The Morgan fingerprint density at radius 1 is 1.26 bits per heavy atom. The number of aliphatic hydroxyl groups is 1. The van der Waals surface area contributed by atoms with Crippen LogP contribution in [0.5, 0.6) is 0 Å². The van der Waals surface area contributed by atoms with Gasteiger partial charge >= 0.3 is 0 Å². The smallest absolute Gasteiger partial charge is 0.259 e. The maximum atomic E-state index is 12.9. The quantitative estimate of drug-likeness (QED) is 0.404. The average molecular weight is 474 g/mol. The minimum Gasteiger partial charge on any atom is -0.396 e. The Bertz CT molecular complexity index is 1290. The number of ketones is 1. The Labute approximate surface area is 204 Å². The van der Waals surface area contributed by atoms with Gasteiger partial charge in [-0.3, -0.25) is 9.59 Å². The molecule has 8 nitrogen and oxygen atoms in total. The zero-order valence-corrected chi connectivity index (χ0v) is 20.1. The molecule has 0 radical (unpaired) electrons. The number of hydrogen-bond acceptors (Lipinski definition) is 6. The zero-order chi connectivity index (χ0) is 24.9. The van der Waals surface area contributed by atoms with Crippen LogP contribution in [0.25, 0.3) is 16.6 Å². The average Bonchev–Trinajstić information content (AvgIpc) is 3.26. The van der Waals surface area contributed by atoms with Crippen LogP contribution < -0.4 is 11.1 Å². The molecule has 1 amide bonds. The van der Waals surface area contributed by atoms with Crippen molar-refractivity contribution in [2.24, 2.45) is 11.8 Å². The third-order valence-corrected chi connectivity index (χ3v) is 6.65. The van der Waals surface area contributed by atoms with Crippen molar-refractivity contribution < 1.29 is 14.7 Å². The Kier molecular flexibility index (Phi) is 7.41. The van der Waals surface area contributed by atoms with Crippen LogP contribution in [-0.2, 0) is 16.0 Å². The molecular formula is C27H31N5O3. The topological polar surface area (TPSA) is 123 Å². The number of Topliss-reactive ketones (excluding diaryl/α,β-unsaturated/α-hetero) is 1. The number of nitrogens with two attached hydrogens (primary N) is 1. The highest BCUT2D eigenvalue weighted by Gasteiger charge is 2.27. The summed E-state index contributed by atoms with van der Waals surface area (Å²) < 4.78 is 1.81. The number of aromatic nitrogens is 3. The summed E-state index contributed by atoms with van der Waals surface area (Å²) >= 11 is 0. The molecule has 182 valence electrons. The fourth-order valence-corrected chi connectivity index (χ4v) is 4.45. The molecule has 4 rings (SSSR count). The van der Waals surface area contributed by atoms with Crippen LogP contribution in [0.3, 0.4) is 0 Å². The van der Waals surface area contributed by atoms with Gasteiger partial charge in [-0.15, -0.1) is 0 Å². The molecule has 0 saturated heterocycles. The van der Waals surface area contributed by atoms with Gasteiger partial charge in [0.2, 0.25) is 0 Å². The lowest BCUT2D eigenvalue weighted by molar-refractivity contribution is -0.122. The fraction of sp³-hybridized carbons (Fsp3) is 0.333. The number of nitrogens with zero attached hydrogens (tertiary/aromatic N) is 3. The van der Waals surface area contributed by atoms with E-state index in [0.717, 1.165) is 41.6 Å².